The Bertz CT molecular complexity index is 590. The second-order valence-electron chi connectivity index (χ2n) is 4.23. The fourth-order valence-electron chi connectivity index (χ4n) is 2.01. The summed E-state index contributed by atoms with van der Waals surface area (Å²) in [5.41, 5.74) is 3.36. The predicted octanol–water partition coefficient (Wildman–Crippen LogP) is 2.27. The van der Waals surface area contributed by atoms with Gasteiger partial charge in [-0.15, -0.1) is 0 Å². The second kappa shape index (κ2) is 5.56. The SMILES string of the molecule is CCc1ccc(OC)c(-c2[nH]ncc2CC(=O)O)c1. The minimum absolute atomic E-state index is 0.0641. The van der Waals surface area contributed by atoms with Gasteiger partial charge in [0, 0.05) is 11.1 Å². The second-order valence-corrected chi connectivity index (χ2v) is 4.23. The summed E-state index contributed by atoms with van der Waals surface area (Å²) in [6, 6.07) is 5.88. The maximum atomic E-state index is 10.9. The average molecular weight is 260 g/mol. The van der Waals surface area contributed by atoms with Gasteiger partial charge in [0.25, 0.3) is 0 Å². The number of hydrogen-bond acceptors (Lipinski definition) is 3. The predicted molar refractivity (Wildman–Crippen MR) is 71.3 cm³/mol. The molecule has 2 N–H and O–H groups in total. The number of carboxylic acid groups (broad SMARTS) is 1. The van der Waals surface area contributed by atoms with E-state index in [4.69, 9.17) is 9.84 Å². The minimum atomic E-state index is -0.881. The third-order valence-corrected chi connectivity index (χ3v) is 3.00. The zero-order valence-electron chi connectivity index (χ0n) is 10.9. The molecule has 19 heavy (non-hydrogen) atoms. The van der Waals surface area contributed by atoms with Gasteiger partial charge in [0.1, 0.15) is 5.75 Å². The molecule has 0 saturated heterocycles. The monoisotopic (exact) mass is 260 g/mol. The van der Waals surface area contributed by atoms with Gasteiger partial charge in [0.15, 0.2) is 0 Å². The van der Waals surface area contributed by atoms with Crippen molar-refractivity contribution >= 4 is 5.97 Å². The number of aryl methyl sites for hydroxylation is 1. The molecule has 0 aliphatic carbocycles. The molecule has 2 aromatic rings. The first-order valence-corrected chi connectivity index (χ1v) is 6.07. The lowest BCUT2D eigenvalue weighted by Crippen LogP contribution is -2.01. The Morgan fingerprint density at radius 1 is 1.47 bits per heavy atom. The third kappa shape index (κ3) is 2.76. The van der Waals surface area contributed by atoms with Gasteiger partial charge in [-0.05, 0) is 24.1 Å². The molecule has 0 bridgehead atoms. The van der Waals surface area contributed by atoms with Crippen LogP contribution in [0.3, 0.4) is 0 Å². The molecule has 0 amide bonds. The van der Waals surface area contributed by atoms with Gasteiger partial charge in [0.2, 0.25) is 0 Å². The minimum Gasteiger partial charge on any atom is -0.496 e. The van der Waals surface area contributed by atoms with Crippen molar-refractivity contribution in [1.29, 1.82) is 0 Å². The smallest absolute Gasteiger partial charge is 0.307 e. The summed E-state index contributed by atoms with van der Waals surface area (Å²) in [4.78, 5) is 10.9. The molecular weight excluding hydrogens is 244 g/mol. The largest absolute Gasteiger partial charge is 0.496 e. The molecule has 100 valence electrons. The van der Waals surface area contributed by atoms with E-state index in [0.29, 0.717) is 17.0 Å². The number of carboxylic acids is 1. The Morgan fingerprint density at radius 3 is 2.89 bits per heavy atom. The number of H-pyrrole nitrogens is 1. The number of aromatic amines is 1. The van der Waals surface area contributed by atoms with Crippen LogP contribution in [0.2, 0.25) is 0 Å². The fourth-order valence-corrected chi connectivity index (χ4v) is 2.01. The van der Waals surface area contributed by atoms with Gasteiger partial charge >= 0.3 is 5.97 Å². The van der Waals surface area contributed by atoms with E-state index >= 15 is 0 Å². The van der Waals surface area contributed by atoms with E-state index in [0.717, 1.165) is 17.5 Å². The zero-order chi connectivity index (χ0) is 13.8. The van der Waals surface area contributed by atoms with Gasteiger partial charge in [-0.25, -0.2) is 0 Å². The summed E-state index contributed by atoms with van der Waals surface area (Å²) in [6.07, 6.45) is 2.38. The van der Waals surface area contributed by atoms with Crippen molar-refractivity contribution in [1.82, 2.24) is 10.2 Å². The van der Waals surface area contributed by atoms with Crippen LogP contribution in [0.25, 0.3) is 11.3 Å². The first kappa shape index (κ1) is 13.1. The van der Waals surface area contributed by atoms with E-state index in [1.54, 1.807) is 13.3 Å². The van der Waals surface area contributed by atoms with Crippen LogP contribution < -0.4 is 4.74 Å². The van der Waals surface area contributed by atoms with Crippen LogP contribution in [0.5, 0.6) is 5.75 Å². The summed E-state index contributed by atoms with van der Waals surface area (Å²) in [5.74, 6) is -0.179. The standard InChI is InChI=1S/C14H16N2O3/c1-3-9-4-5-12(19-2)11(6-9)14-10(7-13(17)18)8-15-16-14/h4-6,8H,3,7H2,1-2H3,(H,15,16)(H,17,18). The van der Waals surface area contributed by atoms with Crippen molar-refractivity contribution in [3.8, 4) is 17.0 Å². The van der Waals surface area contributed by atoms with Gasteiger partial charge in [0.05, 0.1) is 25.4 Å². The molecule has 0 unspecified atom stereocenters. The van der Waals surface area contributed by atoms with Gasteiger partial charge in [-0.3, -0.25) is 9.89 Å². The quantitative estimate of drug-likeness (QED) is 0.864. The van der Waals surface area contributed by atoms with Gasteiger partial charge in [-0.1, -0.05) is 13.0 Å². The average Bonchev–Trinajstić information content (AvgIpc) is 2.85. The zero-order valence-corrected chi connectivity index (χ0v) is 10.9. The number of aromatic nitrogens is 2. The number of methoxy groups -OCH3 is 1. The molecular formula is C14H16N2O3. The summed E-state index contributed by atoms with van der Waals surface area (Å²) >= 11 is 0. The summed E-state index contributed by atoms with van der Waals surface area (Å²) < 4.78 is 5.33. The first-order valence-electron chi connectivity index (χ1n) is 6.07. The van der Waals surface area contributed by atoms with Crippen molar-refractivity contribution in [2.24, 2.45) is 0 Å². The molecule has 0 spiro atoms. The maximum absolute atomic E-state index is 10.9. The first-order chi connectivity index (χ1) is 9.15. The molecule has 1 aromatic carbocycles. The normalized spacial score (nSPS) is 10.4. The Balaban J connectivity index is 2.51. The lowest BCUT2D eigenvalue weighted by molar-refractivity contribution is -0.136. The Labute approximate surface area is 111 Å². The van der Waals surface area contributed by atoms with Crippen molar-refractivity contribution in [3.63, 3.8) is 0 Å². The third-order valence-electron chi connectivity index (χ3n) is 3.00. The molecule has 0 fully saturated rings. The van der Waals surface area contributed by atoms with E-state index in [1.165, 1.54) is 0 Å². The number of ether oxygens (including phenoxy) is 1. The van der Waals surface area contributed by atoms with Crippen LogP contribution >= 0.6 is 0 Å². The molecule has 0 aliphatic rings. The van der Waals surface area contributed by atoms with E-state index < -0.39 is 5.97 Å². The van der Waals surface area contributed by atoms with Crippen molar-refractivity contribution < 1.29 is 14.6 Å². The van der Waals surface area contributed by atoms with E-state index in [-0.39, 0.29) is 6.42 Å². The number of rotatable bonds is 5. The Morgan fingerprint density at radius 2 is 2.26 bits per heavy atom. The summed E-state index contributed by atoms with van der Waals surface area (Å²) in [6.45, 7) is 2.07. The van der Waals surface area contributed by atoms with Gasteiger partial charge < -0.3 is 9.84 Å². The van der Waals surface area contributed by atoms with Crippen LogP contribution in [0.15, 0.2) is 24.4 Å². The number of carbonyl (C=O) groups is 1. The number of nitrogens with one attached hydrogen (secondary N) is 1. The number of benzene rings is 1. The highest BCUT2D eigenvalue weighted by Gasteiger charge is 2.15. The highest BCUT2D eigenvalue weighted by Crippen LogP contribution is 2.32. The van der Waals surface area contributed by atoms with E-state index in [9.17, 15) is 4.79 Å². The number of hydrogen-bond donors (Lipinski definition) is 2. The van der Waals surface area contributed by atoms with Gasteiger partial charge in [-0.2, -0.15) is 5.10 Å². The molecule has 1 heterocycles. The molecule has 0 radical (unpaired) electrons. The summed E-state index contributed by atoms with van der Waals surface area (Å²) in [7, 11) is 1.59. The summed E-state index contributed by atoms with van der Waals surface area (Å²) in [5, 5.41) is 15.7. The molecule has 1 aromatic heterocycles. The van der Waals surface area contributed by atoms with Crippen molar-refractivity contribution in [2.75, 3.05) is 7.11 Å². The number of nitrogens with zero attached hydrogens (tertiary/aromatic N) is 1. The topological polar surface area (TPSA) is 75.2 Å². The molecule has 0 aliphatic heterocycles. The molecule has 0 saturated carbocycles. The van der Waals surface area contributed by atoms with Crippen LogP contribution in [-0.2, 0) is 17.6 Å². The fraction of sp³-hybridized carbons (Fsp3) is 0.286. The molecule has 5 heteroatoms. The Kier molecular flexibility index (Phi) is 3.85. The van der Waals surface area contributed by atoms with E-state index in [1.807, 2.05) is 18.2 Å². The molecule has 2 rings (SSSR count). The van der Waals surface area contributed by atoms with Crippen LogP contribution in [0.1, 0.15) is 18.1 Å². The molecule has 5 nitrogen and oxygen atoms in total. The van der Waals surface area contributed by atoms with E-state index in [2.05, 4.69) is 17.1 Å². The number of aliphatic carboxylic acids is 1. The maximum Gasteiger partial charge on any atom is 0.307 e. The van der Waals surface area contributed by atoms with Crippen LogP contribution in [0, 0.1) is 0 Å². The highest BCUT2D eigenvalue weighted by molar-refractivity contribution is 5.77. The lowest BCUT2D eigenvalue weighted by atomic mass is 10.0. The Hall–Kier alpha value is -2.30. The molecule has 0 atom stereocenters. The van der Waals surface area contributed by atoms with Crippen molar-refractivity contribution in [2.45, 2.75) is 19.8 Å². The lowest BCUT2D eigenvalue weighted by Gasteiger charge is -2.10. The van der Waals surface area contributed by atoms with Crippen LogP contribution in [0.4, 0.5) is 0 Å². The van der Waals surface area contributed by atoms with Crippen molar-refractivity contribution in [3.05, 3.63) is 35.5 Å². The van der Waals surface area contributed by atoms with Crippen LogP contribution in [-0.4, -0.2) is 28.4 Å². The highest BCUT2D eigenvalue weighted by atomic mass is 16.5.